The lowest BCUT2D eigenvalue weighted by molar-refractivity contribution is 0.253. The van der Waals surface area contributed by atoms with Crippen molar-refractivity contribution in [1.29, 1.82) is 0 Å². The Kier molecular flexibility index (Phi) is 8.38. The summed E-state index contributed by atoms with van der Waals surface area (Å²) >= 11 is 0. The van der Waals surface area contributed by atoms with Gasteiger partial charge < -0.3 is 16.2 Å². The third kappa shape index (κ3) is 7.09. The first-order valence-corrected chi connectivity index (χ1v) is 7.30. The molecule has 0 aliphatic rings. The largest absolute Gasteiger partial charge is 0.396 e. The molecule has 0 aliphatic carbocycles. The van der Waals surface area contributed by atoms with Gasteiger partial charge in [0.25, 0.3) is 0 Å². The number of aliphatic imine (C=N–C) groups is 1. The summed E-state index contributed by atoms with van der Waals surface area (Å²) in [6.07, 6.45) is 5.58. The van der Waals surface area contributed by atoms with E-state index in [4.69, 9.17) is 10.8 Å². The average Bonchev–Trinajstić information content (AvgIpc) is 2.46. The summed E-state index contributed by atoms with van der Waals surface area (Å²) in [7, 11) is 0. The number of nitrogens with zero attached hydrogens (tertiary/aromatic N) is 2. The van der Waals surface area contributed by atoms with E-state index in [1.807, 2.05) is 18.2 Å². The van der Waals surface area contributed by atoms with Crippen molar-refractivity contribution in [3.63, 3.8) is 0 Å². The summed E-state index contributed by atoms with van der Waals surface area (Å²) in [5.74, 6) is 0.890. The zero-order chi connectivity index (χ0) is 14.6. The Bertz CT molecular complexity index is 375. The SMILES string of the molecule is CCCC(CCO)CN=C(N)NCCc1ccccn1. The van der Waals surface area contributed by atoms with Crippen LogP contribution in [0.4, 0.5) is 0 Å². The van der Waals surface area contributed by atoms with Gasteiger partial charge in [-0.2, -0.15) is 0 Å². The molecule has 5 nitrogen and oxygen atoms in total. The highest BCUT2D eigenvalue weighted by atomic mass is 16.3. The van der Waals surface area contributed by atoms with Crippen LogP contribution >= 0.6 is 0 Å². The van der Waals surface area contributed by atoms with E-state index in [0.717, 1.165) is 37.9 Å². The third-order valence-electron chi connectivity index (χ3n) is 3.17. The van der Waals surface area contributed by atoms with Crippen molar-refractivity contribution in [3.05, 3.63) is 30.1 Å². The number of guanidine groups is 1. The lowest BCUT2D eigenvalue weighted by Crippen LogP contribution is -2.34. The van der Waals surface area contributed by atoms with Gasteiger partial charge in [0, 0.05) is 38.0 Å². The van der Waals surface area contributed by atoms with E-state index in [-0.39, 0.29) is 6.61 Å². The van der Waals surface area contributed by atoms with Crippen molar-refractivity contribution in [2.75, 3.05) is 19.7 Å². The van der Waals surface area contributed by atoms with Crippen LogP contribution in [0.3, 0.4) is 0 Å². The first-order chi connectivity index (χ1) is 9.76. The molecule has 0 fully saturated rings. The van der Waals surface area contributed by atoms with E-state index >= 15 is 0 Å². The van der Waals surface area contributed by atoms with E-state index in [9.17, 15) is 0 Å². The molecular weight excluding hydrogens is 252 g/mol. The molecule has 1 atom stereocenters. The molecule has 5 heteroatoms. The number of aliphatic hydroxyl groups is 1. The summed E-state index contributed by atoms with van der Waals surface area (Å²) in [6, 6.07) is 5.87. The van der Waals surface area contributed by atoms with Gasteiger partial charge in [-0.3, -0.25) is 9.98 Å². The number of pyridine rings is 1. The molecule has 0 aliphatic heterocycles. The van der Waals surface area contributed by atoms with Crippen molar-refractivity contribution in [2.45, 2.75) is 32.6 Å². The summed E-state index contributed by atoms with van der Waals surface area (Å²) in [5.41, 5.74) is 6.87. The minimum atomic E-state index is 0.215. The number of aliphatic hydroxyl groups excluding tert-OH is 1. The Morgan fingerprint density at radius 2 is 2.30 bits per heavy atom. The van der Waals surface area contributed by atoms with Gasteiger partial charge in [-0.05, 0) is 30.9 Å². The monoisotopic (exact) mass is 278 g/mol. The van der Waals surface area contributed by atoms with Crippen molar-refractivity contribution < 1.29 is 5.11 Å². The molecule has 20 heavy (non-hydrogen) atoms. The number of hydrogen-bond donors (Lipinski definition) is 3. The third-order valence-corrected chi connectivity index (χ3v) is 3.17. The van der Waals surface area contributed by atoms with E-state index in [2.05, 4.69) is 22.2 Å². The maximum atomic E-state index is 8.99. The Morgan fingerprint density at radius 1 is 1.45 bits per heavy atom. The second-order valence-electron chi connectivity index (χ2n) is 4.89. The van der Waals surface area contributed by atoms with Gasteiger partial charge in [0.2, 0.25) is 0 Å². The van der Waals surface area contributed by atoms with Gasteiger partial charge in [0.15, 0.2) is 5.96 Å². The minimum Gasteiger partial charge on any atom is -0.396 e. The van der Waals surface area contributed by atoms with E-state index < -0.39 is 0 Å². The minimum absolute atomic E-state index is 0.215. The van der Waals surface area contributed by atoms with Gasteiger partial charge >= 0.3 is 0 Å². The van der Waals surface area contributed by atoms with Crippen molar-refractivity contribution in [2.24, 2.45) is 16.6 Å². The number of nitrogens with one attached hydrogen (secondary N) is 1. The highest BCUT2D eigenvalue weighted by molar-refractivity contribution is 5.77. The Balaban J connectivity index is 2.26. The molecule has 0 spiro atoms. The van der Waals surface area contributed by atoms with Crippen molar-refractivity contribution in [3.8, 4) is 0 Å². The van der Waals surface area contributed by atoms with Crippen LogP contribution in [0.15, 0.2) is 29.4 Å². The average molecular weight is 278 g/mol. The Labute approximate surface area is 121 Å². The molecule has 0 bridgehead atoms. The van der Waals surface area contributed by atoms with E-state index in [1.165, 1.54) is 0 Å². The number of aromatic nitrogens is 1. The predicted molar refractivity (Wildman–Crippen MR) is 82.5 cm³/mol. The van der Waals surface area contributed by atoms with Crippen LogP contribution < -0.4 is 11.1 Å². The molecule has 1 aromatic rings. The van der Waals surface area contributed by atoms with Crippen LogP contribution in [0.25, 0.3) is 0 Å². The summed E-state index contributed by atoms with van der Waals surface area (Å²) in [5, 5.41) is 12.1. The normalized spacial score (nSPS) is 13.2. The molecule has 112 valence electrons. The van der Waals surface area contributed by atoms with Crippen LogP contribution in [0.2, 0.25) is 0 Å². The first-order valence-electron chi connectivity index (χ1n) is 7.30. The van der Waals surface area contributed by atoms with Crippen molar-refractivity contribution in [1.82, 2.24) is 10.3 Å². The fourth-order valence-corrected chi connectivity index (χ4v) is 2.07. The van der Waals surface area contributed by atoms with Gasteiger partial charge in [-0.15, -0.1) is 0 Å². The maximum absolute atomic E-state index is 8.99. The molecule has 0 amide bonds. The lowest BCUT2D eigenvalue weighted by atomic mass is 10.0. The topological polar surface area (TPSA) is 83.5 Å². The Hall–Kier alpha value is -1.62. The lowest BCUT2D eigenvalue weighted by Gasteiger charge is -2.12. The summed E-state index contributed by atoms with van der Waals surface area (Å²) in [4.78, 5) is 8.59. The van der Waals surface area contributed by atoms with Crippen LogP contribution in [0, 0.1) is 5.92 Å². The van der Waals surface area contributed by atoms with E-state index in [0.29, 0.717) is 18.4 Å². The predicted octanol–water partition coefficient (Wildman–Crippen LogP) is 1.33. The van der Waals surface area contributed by atoms with Gasteiger partial charge in [-0.1, -0.05) is 19.4 Å². The quantitative estimate of drug-likeness (QED) is 0.470. The Morgan fingerprint density at radius 3 is 2.95 bits per heavy atom. The summed E-state index contributed by atoms with van der Waals surface area (Å²) < 4.78 is 0. The highest BCUT2D eigenvalue weighted by Gasteiger charge is 2.06. The molecule has 0 saturated carbocycles. The fourth-order valence-electron chi connectivity index (χ4n) is 2.07. The van der Waals surface area contributed by atoms with Crippen LogP contribution in [-0.2, 0) is 6.42 Å². The van der Waals surface area contributed by atoms with Gasteiger partial charge in [0.1, 0.15) is 0 Å². The molecular formula is C15H26N4O. The highest BCUT2D eigenvalue weighted by Crippen LogP contribution is 2.10. The molecule has 1 heterocycles. The second-order valence-corrected chi connectivity index (χ2v) is 4.89. The molecule has 4 N–H and O–H groups in total. The molecule has 1 aromatic heterocycles. The molecule has 1 unspecified atom stereocenters. The van der Waals surface area contributed by atoms with Gasteiger partial charge in [-0.25, -0.2) is 0 Å². The molecule has 0 radical (unpaired) electrons. The smallest absolute Gasteiger partial charge is 0.188 e. The maximum Gasteiger partial charge on any atom is 0.188 e. The number of hydrogen-bond acceptors (Lipinski definition) is 3. The summed E-state index contributed by atoms with van der Waals surface area (Å²) in [6.45, 7) is 3.76. The van der Waals surface area contributed by atoms with Crippen LogP contribution in [0.1, 0.15) is 31.9 Å². The second kappa shape index (κ2) is 10.2. The molecule has 1 rings (SSSR count). The standard InChI is InChI=1S/C15H26N4O/c1-2-5-13(8-11-20)12-19-15(16)18-10-7-14-6-3-4-9-17-14/h3-4,6,9,13,20H,2,5,7-8,10-12H2,1H3,(H3,16,18,19). The van der Waals surface area contributed by atoms with Crippen LogP contribution in [0.5, 0.6) is 0 Å². The first kappa shape index (κ1) is 16.4. The van der Waals surface area contributed by atoms with Crippen LogP contribution in [-0.4, -0.2) is 35.7 Å². The zero-order valence-corrected chi connectivity index (χ0v) is 12.3. The number of nitrogens with two attached hydrogens (primary N) is 1. The zero-order valence-electron chi connectivity index (χ0n) is 12.3. The van der Waals surface area contributed by atoms with Gasteiger partial charge in [0.05, 0.1) is 0 Å². The van der Waals surface area contributed by atoms with E-state index in [1.54, 1.807) is 6.20 Å². The molecule has 0 aromatic carbocycles. The molecule has 0 saturated heterocycles. The number of rotatable bonds is 9. The van der Waals surface area contributed by atoms with Crippen molar-refractivity contribution >= 4 is 5.96 Å². The fraction of sp³-hybridized carbons (Fsp3) is 0.600.